The van der Waals surface area contributed by atoms with E-state index in [0.717, 1.165) is 25.8 Å². The maximum absolute atomic E-state index is 11.7. The molecule has 0 aliphatic rings. The number of nitrogens with zero attached hydrogens (tertiary/aromatic N) is 1. The maximum atomic E-state index is 11.7. The molecule has 1 amide bonds. The average Bonchev–Trinajstić information content (AvgIpc) is 2.13. The first-order valence-electron chi connectivity index (χ1n) is 6.17. The topological polar surface area (TPSA) is 20.3 Å². The van der Waals surface area contributed by atoms with Crippen molar-refractivity contribution in [3.8, 4) is 0 Å². The van der Waals surface area contributed by atoms with Gasteiger partial charge in [0.25, 0.3) is 0 Å². The molecule has 15 heavy (non-hydrogen) atoms. The van der Waals surface area contributed by atoms with Gasteiger partial charge in [-0.1, -0.05) is 34.1 Å². The van der Waals surface area contributed by atoms with Gasteiger partial charge in [0.1, 0.15) is 0 Å². The first kappa shape index (κ1) is 14.5. The summed E-state index contributed by atoms with van der Waals surface area (Å²) in [7, 11) is 1.92. The fraction of sp³-hybridized carbons (Fsp3) is 0.923. The van der Waals surface area contributed by atoms with E-state index in [0.29, 0.717) is 24.2 Å². The van der Waals surface area contributed by atoms with Gasteiger partial charge in [-0.2, -0.15) is 0 Å². The molecule has 0 aromatic heterocycles. The number of amides is 1. The van der Waals surface area contributed by atoms with Gasteiger partial charge >= 0.3 is 0 Å². The predicted molar refractivity (Wildman–Crippen MR) is 65.8 cm³/mol. The largest absolute Gasteiger partial charge is 0.346 e. The van der Waals surface area contributed by atoms with E-state index in [9.17, 15) is 4.79 Å². The van der Waals surface area contributed by atoms with Gasteiger partial charge in [0.05, 0.1) is 0 Å². The van der Waals surface area contributed by atoms with Gasteiger partial charge in [-0.3, -0.25) is 4.79 Å². The van der Waals surface area contributed by atoms with Gasteiger partial charge in [-0.05, 0) is 24.7 Å². The fourth-order valence-electron chi connectivity index (χ4n) is 1.43. The highest BCUT2D eigenvalue weighted by atomic mass is 16.2. The Balaban J connectivity index is 3.60. The van der Waals surface area contributed by atoms with Crippen molar-refractivity contribution in [3.05, 3.63) is 0 Å². The predicted octanol–water partition coefficient (Wildman–Crippen LogP) is 3.32. The van der Waals surface area contributed by atoms with Crippen molar-refractivity contribution in [3.63, 3.8) is 0 Å². The third-order valence-corrected chi connectivity index (χ3v) is 2.64. The van der Waals surface area contributed by atoms with Crippen LogP contribution in [-0.2, 0) is 4.79 Å². The van der Waals surface area contributed by atoms with Gasteiger partial charge in [-0.25, -0.2) is 0 Å². The van der Waals surface area contributed by atoms with Gasteiger partial charge in [0.15, 0.2) is 0 Å². The van der Waals surface area contributed by atoms with E-state index in [1.54, 1.807) is 0 Å². The molecule has 0 heterocycles. The quantitative estimate of drug-likeness (QED) is 0.635. The number of hydrogen-bond acceptors (Lipinski definition) is 1. The Labute approximate surface area is 95.0 Å². The van der Waals surface area contributed by atoms with Crippen molar-refractivity contribution in [2.45, 2.75) is 53.4 Å². The second-order valence-corrected chi connectivity index (χ2v) is 5.28. The zero-order valence-corrected chi connectivity index (χ0v) is 11.0. The number of carbonyl (C=O) groups excluding carboxylic acids is 1. The van der Waals surface area contributed by atoms with Crippen molar-refractivity contribution in [1.82, 2.24) is 4.90 Å². The highest BCUT2D eigenvalue weighted by molar-refractivity contribution is 5.75. The number of rotatable bonds is 7. The highest BCUT2D eigenvalue weighted by Crippen LogP contribution is 2.08. The molecule has 0 fully saturated rings. The molecule has 0 spiro atoms. The summed E-state index contributed by atoms with van der Waals surface area (Å²) in [5, 5.41) is 0. The van der Waals surface area contributed by atoms with Crippen LogP contribution in [0.2, 0.25) is 0 Å². The van der Waals surface area contributed by atoms with Crippen LogP contribution in [0.15, 0.2) is 0 Å². The molecule has 0 radical (unpaired) electrons. The van der Waals surface area contributed by atoms with Crippen LogP contribution in [0.4, 0.5) is 0 Å². The van der Waals surface area contributed by atoms with Crippen LogP contribution in [-0.4, -0.2) is 24.4 Å². The molecule has 0 rings (SSSR count). The second kappa shape index (κ2) is 7.72. The third-order valence-electron chi connectivity index (χ3n) is 2.64. The molecule has 0 saturated carbocycles. The zero-order valence-electron chi connectivity index (χ0n) is 11.0. The molecule has 0 atom stereocenters. The summed E-state index contributed by atoms with van der Waals surface area (Å²) < 4.78 is 0. The molecule has 90 valence electrons. The summed E-state index contributed by atoms with van der Waals surface area (Å²) in [6.07, 6.45) is 4.01. The monoisotopic (exact) mass is 213 g/mol. The molecule has 0 unspecified atom stereocenters. The van der Waals surface area contributed by atoms with Crippen molar-refractivity contribution in [1.29, 1.82) is 0 Å². The zero-order chi connectivity index (χ0) is 11.8. The van der Waals surface area contributed by atoms with E-state index in [2.05, 4.69) is 27.7 Å². The Kier molecular flexibility index (Phi) is 7.45. The van der Waals surface area contributed by atoms with Gasteiger partial charge in [0.2, 0.25) is 5.91 Å². The molecule has 0 aromatic rings. The average molecular weight is 213 g/mol. The Morgan fingerprint density at radius 1 is 1.07 bits per heavy atom. The Bertz CT molecular complexity index is 175. The van der Waals surface area contributed by atoms with E-state index in [1.807, 2.05) is 11.9 Å². The Morgan fingerprint density at radius 2 is 1.60 bits per heavy atom. The molecule has 0 aromatic carbocycles. The van der Waals surface area contributed by atoms with Crippen molar-refractivity contribution >= 4 is 5.91 Å². The molecule has 0 bridgehead atoms. The standard InChI is InChI=1S/C13H27NO/c1-11(2)7-6-8-13(15)14(5)10-9-12(3)4/h11-12H,6-10H2,1-5H3. The van der Waals surface area contributed by atoms with E-state index in [4.69, 9.17) is 0 Å². The summed E-state index contributed by atoms with van der Waals surface area (Å²) in [5.74, 6) is 1.69. The maximum Gasteiger partial charge on any atom is 0.222 e. The molecular weight excluding hydrogens is 186 g/mol. The van der Waals surface area contributed by atoms with Crippen LogP contribution in [0.3, 0.4) is 0 Å². The fourth-order valence-corrected chi connectivity index (χ4v) is 1.43. The van der Waals surface area contributed by atoms with Gasteiger partial charge in [0, 0.05) is 20.0 Å². The first-order chi connectivity index (χ1) is 6.93. The van der Waals surface area contributed by atoms with Crippen LogP contribution in [0.25, 0.3) is 0 Å². The lowest BCUT2D eigenvalue weighted by atomic mass is 10.1. The van der Waals surface area contributed by atoms with E-state index in [-0.39, 0.29) is 0 Å². The summed E-state index contributed by atoms with van der Waals surface area (Å²) in [4.78, 5) is 13.5. The summed E-state index contributed by atoms with van der Waals surface area (Å²) in [6.45, 7) is 9.69. The molecule has 2 nitrogen and oxygen atoms in total. The summed E-state index contributed by atoms with van der Waals surface area (Å²) in [6, 6.07) is 0. The van der Waals surface area contributed by atoms with Crippen LogP contribution in [0.5, 0.6) is 0 Å². The first-order valence-corrected chi connectivity index (χ1v) is 6.17. The van der Waals surface area contributed by atoms with Crippen molar-refractivity contribution in [2.24, 2.45) is 11.8 Å². The van der Waals surface area contributed by atoms with Gasteiger partial charge in [-0.15, -0.1) is 0 Å². The SMILES string of the molecule is CC(C)CCCC(=O)N(C)CCC(C)C. The lowest BCUT2D eigenvalue weighted by molar-refractivity contribution is -0.130. The smallest absolute Gasteiger partial charge is 0.222 e. The van der Waals surface area contributed by atoms with Crippen LogP contribution >= 0.6 is 0 Å². The number of hydrogen-bond donors (Lipinski definition) is 0. The molecule has 0 aliphatic heterocycles. The number of carbonyl (C=O) groups is 1. The second-order valence-electron chi connectivity index (χ2n) is 5.28. The van der Waals surface area contributed by atoms with Crippen LogP contribution in [0.1, 0.15) is 53.4 Å². The molecular formula is C13H27NO. The minimum absolute atomic E-state index is 0.302. The van der Waals surface area contributed by atoms with Crippen LogP contribution in [0, 0.1) is 11.8 Å². The van der Waals surface area contributed by atoms with Gasteiger partial charge < -0.3 is 4.90 Å². The minimum Gasteiger partial charge on any atom is -0.346 e. The van der Waals surface area contributed by atoms with Crippen LogP contribution < -0.4 is 0 Å². The molecule has 0 aliphatic carbocycles. The van der Waals surface area contributed by atoms with Crippen molar-refractivity contribution in [2.75, 3.05) is 13.6 Å². The summed E-state index contributed by atoms with van der Waals surface area (Å²) in [5.41, 5.74) is 0. The van der Waals surface area contributed by atoms with Crippen molar-refractivity contribution < 1.29 is 4.79 Å². The Morgan fingerprint density at radius 3 is 2.07 bits per heavy atom. The highest BCUT2D eigenvalue weighted by Gasteiger charge is 2.08. The molecule has 0 N–H and O–H groups in total. The minimum atomic E-state index is 0.302. The normalized spacial score (nSPS) is 11.1. The third kappa shape index (κ3) is 8.46. The summed E-state index contributed by atoms with van der Waals surface area (Å²) >= 11 is 0. The Hall–Kier alpha value is -0.530. The van der Waals surface area contributed by atoms with E-state index >= 15 is 0 Å². The lowest BCUT2D eigenvalue weighted by Crippen LogP contribution is -2.28. The van der Waals surface area contributed by atoms with E-state index < -0.39 is 0 Å². The molecule has 0 saturated heterocycles. The molecule has 2 heteroatoms. The van der Waals surface area contributed by atoms with E-state index in [1.165, 1.54) is 0 Å². The lowest BCUT2D eigenvalue weighted by Gasteiger charge is -2.18.